The van der Waals surface area contributed by atoms with Gasteiger partial charge >= 0.3 is 0 Å². The lowest BCUT2D eigenvalue weighted by atomic mass is 9.85. The first-order valence-corrected chi connectivity index (χ1v) is 10.00. The Labute approximate surface area is 190 Å². The number of amides is 1. The van der Waals surface area contributed by atoms with E-state index in [0.29, 0.717) is 11.4 Å². The predicted octanol–water partition coefficient (Wildman–Crippen LogP) is 2.55. The molecular weight excluding hydrogens is 423 g/mol. The summed E-state index contributed by atoms with van der Waals surface area (Å²) >= 11 is 0. The van der Waals surface area contributed by atoms with Crippen LogP contribution < -0.4 is 16.4 Å². The van der Waals surface area contributed by atoms with Gasteiger partial charge in [-0.25, -0.2) is 14.4 Å². The van der Waals surface area contributed by atoms with Crippen molar-refractivity contribution in [2.24, 2.45) is 9.98 Å². The summed E-state index contributed by atoms with van der Waals surface area (Å²) in [5.74, 6) is -0.639. The lowest BCUT2D eigenvalue weighted by molar-refractivity contribution is -0.117. The highest BCUT2D eigenvalue weighted by Gasteiger charge is 2.35. The van der Waals surface area contributed by atoms with E-state index in [9.17, 15) is 14.4 Å². The van der Waals surface area contributed by atoms with Crippen LogP contribution in [-0.4, -0.2) is 46.4 Å². The Morgan fingerprint density at radius 1 is 1.39 bits per heavy atom. The molecule has 0 saturated heterocycles. The lowest BCUT2D eigenvalue weighted by Gasteiger charge is -2.25. The van der Waals surface area contributed by atoms with Crippen LogP contribution in [0.5, 0.6) is 0 Å². The summed E-state index contributed by atoms with van der Waals surface area (Å²) in [6, 6.07) is 1.48. The average molecular weight is 446 g/mol. The molecular formula is C23H23FN8O. The number of aromatic nitrogens is 2. The zero-order valence-electron chi connectivity index (χ0n) is 18.4. The van der Waals surface area contributed by atoms with Gasteiger partial charge in [-0.05, 0) is 38.2 Å². The van der Waals surface area contributed by atoms with Crippen LogP contribution in [0.2, 0.25) is 0 Å². The number of nitrogens with zero attached hydrogens (tertiary/aromatic N) is 5. The van der Waals surface area contributed by atoms with E-state index in [0.717, 1.165) is 0 Å². The van der Waals surface area contributed by atoms with Crippen molar-refractivity contribution in [3.05, 3.63) is 71.5 Å². The van der Waals surface area contributed by atoms with Gasteiger partial charge in [0.15, 0.2) is 0 Å². The summed E-state index contributed by atoms with van der Waals surface area (Å²) in [5, 5.41) is 15.0. The van der Waals surface area contributed by atoms with Gasteiger partial charge < -0.3 is 16.4 Å². The van der Waals surface area contributed by atoms with Crippen LogP contribution >= 0.6 is 0 Å². The maximum Gasteiger partial charge on any atom is 0.250 e. The molecule has 2 heterocycles. The molecule has 0 fully saturated rings. The summed E-state index contributed by atoms with van der Waals surface area (Å²) in [4.78, 5) is 29.6. The molecule has 1 aliphatic heterocycles. The first-order valence-electron chi connectivity index (χ1n) is 10.00. The van der Waals surface area contributed by atoms with Crippen molar-refractivity contribution in [2.45, 2.75) is 25.4 Å². The number of rotatable bonds is 6. The smallest absolute Gasteiger partial charge is 0.250 e. The monoisotopic (exact) mass is 446 g/mol. The summed E-state index contributed by atoms with van der Waals surface area (Å²) in [6.07, 6.45) is 10.3. The highest BCUT2D eigenvalue weighted by Crippen LogP contribution is 2.32. The van der Waals surface area contributed by atoms with Crippen molar-refractivity contribution in [1.82, 2.24) is 15.3 Å². The molecule has 2 aliphatic rings. The molecule has 1 amide bonds. The molecule has 1 aromatic rings. The molecule has 1 unspecified atom stereocenters. The molecule has 9 nitrogen and oxygen atoms in total. The summed E-state index contributed by atoms with van der Waals surface area (Å²) in [5.41, 5.74) is 6.09. The highest BCUT2D eigenvalue weighted by molar-refractivity contribution is 6.17. The SMILES string of the molecule is C=C(N=C1C=CC(F)=C/C1=C(\C(=O)NC)C1(C)C=CC=N1)[C@H](C)Nc1ncnc(N)c1C#N. The number of likely N-dealkylation sites (N-methyl/N-ethyl adjacent to an activating group) is 1. The van der Waals surface area contributed by atoms with E-state index < -0.39 is 23.3 Å². The summed E-state index contributed by atoms with van der Waals surface area (Å²) in [6.45, 7) is 7.52. The predicted molar refractivity (Wildman–Crippen MR) is 126 cm³/mol. The molecule has 4 N–H and O–H groups in total. The zero-order valence-corrected chi connectivity index (χ0v) is 18.4. The maximum atomic E-state index is 14.3. The van der Waals surface area contributed by atoms with Crippen LogP contribution in [-0.2, 0) is 4.79 Å². The van der Waals surface area contributed by atoms with E-state index in [1.54, 1.807) is 32.2 Å². The number of allylic oxidation sites excluding steroid dienone is 6. The minimum absolute atomic E-state index is 0.0498. The van der Waals surface area contributed by atoms with E-state index in [4.69, 9.17) is 5.73 Å². The highest BCUT2D eigenvalue weighted by atomic mass is 19.1. The number of carbonyl (C=O) groups is 1. The molecule has 0 spiro atoms. The van der Waals surface area contributed by atoms with Gasteiger partial charge in [-0.15, -0.1) is 0 Å². The Balaban J connectivity index is 2.02. The van der Waals surface area contributed by atoms with Gasteiger partial charge in [-0.1, -0.05) is 12.7 Å². The van der Waals surface area contributed by atoms with Gasteiger partial charge in [0.25, 0.3) is 0 Å². The quantitative estimate of drug-likeness (QED) is 0.574. The van der Waals surface area contributed by atoms with Crippen molar-refractivity contribution < 1.29 is 9.18 Å². The number of nitrogens with one attached hydrogen (secondary N) is 2. The third kappa shape index (κ3) is 4.77. The summed E-state index contributed by atoms with van der Waals surface area (Å²) in [7, 11) is 1.50. The zero-order chi connectivity index (χ0) is 24.2. The van der Waals surface area contributed by atoms with Gasteiger partial charge in [0.1, 0.15) is 41.0 Å². The minimum Gasteiger partial charge on any atom is -0.382 e. The number of nitrogen functional groups attached to an aromatic ring is 1. The fourth-order valence-electron chi connectivity index (χ4n) is 3.33. The van der Waals surface area contributed by atoms with Crippen LogP contribution in [0, 0.1) is 11.3 Å². The topological polar surface area (TPSA) is 141 Å². The number of halogens is 1. The fraction of sp³-hybridized carbons (Fsp3) is 0.217. The first kappa shape index (κ1) is 23.3. The Morgan fingerprint density at radius 2 is 2.15 bits per heavy atom. The average Bonchev–Trinajstić information content (AvgIpc) is 3.22. The number of aliphatic imine (C=N–C) groups is 2. The molecule has 0 saturated carbocycles. The Hall–Kier alpha value is -4.39. The Kier molecular flexibility index (Phi) is 6.63. The van der Waals surface area contributed by atoms with Gasteiger partial charge in [0.2, 0.25) is 5.91 Å². The van der Waals surface area contributed by atoms with Crippen LogP contribution in [0.15, 0.2) is 75.9 Å². The standard InChI is InChI=1S/C23H23FN8O/c1-13(14(2)32-21-17(11-25)20(26)28-12-29-21)31-18-7-6-15(24)10-16(18)19(22(33)27-4)23(3)8-5-9-30-23/h5-10,12,14H,1H2,2-4H3,(H,27,33)(H3,26,28,29,32)/b19-16-,31-18?/t14-,23?/m0/s1. The molecule has 3 rings (SSSR count). The first-order chi connectivity index (χ1) is 15.7. The largest absolute Gasteiger partial charge is 0.382 e. The number of carbonyl (C=O) groups excluding carboxylic acids is 1. The van der Waals surface area contributed by atoms with Crippen LogP contribution in [0.1, 0.15) is 19.4 Å². The minimum atomic E-state index is -0.983. The van der Waals surface area contributed by atoms with Gasteiger partial charge in [0.05, 0.1) is 23.0 Å². The number of hydrogen-bond donors (Lipinski definition) is 3. The van der Waals surface area contributed by atoms with Crippen LogP contribution in [0.4, 0.5) is 16.0 Å². The lowest BCUT2D eigenvalue weighted by Crippen LogP contribution is -2.35. The van der Waals surface area contributed by atoms with Crippen molar-refractivity contribution >= 4 is 29.5 Å². The van der Waals surface area contributed by atoms with Crippen molar-refractivity contribution in [2.75, 3.05) is 18.1 Å². The number of nitrogens with two attached hydrogens (primary N) is 1. The van der Waals surface area contributed by atoms with Gasteiger partial charge in [0, 0.05) is 18.8 Å². The van der Waals surface area contributed by atoms with Gasteiger partial charge in [-0.3, -0.25) is 14.8 Å². The number of anilines is 2. The van der Waals surface area contributed by atoms with E-state index in [1.165, 1.54) is 31.6 Å². The third-order valence-electron chi connectivity index (χ3n) is 5.14. The second-order valence-corrected chi connectivity index (χ2v) is 7.46. The normalized spacial score (nSPS) is 22.5. The third-order valence-corrected chi connectivity index (χ3v) is 5.14. The Morgan fingerprint density at radius 3 is 2.79 bits per heavy atom. The number of hydrogen-bond acceptors (Lipinski definition) is 8. The maximum absolute atomic E-state index is 14.3. The van der Waals surface area contributed by atoms with E-state index in [-0.39, 0.29) is 28.3 Å². The second-order valence-electron chi connectivity index (χ2n) is 7.46. The van der Waals surface area contributed by atoms with Crippen LogP contribution in [0.25, 0.3) is 0 Å². The van der Waals surface area contributed by atoms with Crippen molar-refractivity contribution in [3.63, 3.8) is 0 Å². The fourth-order valence-corrected chi connectivity index (χ4v) is 3.33. The molecule has 33 heavy (non-hydrogen) atoms. The Bertz CT molecular complexity index is 1220. The van der Waals surface area contributed by atoms with E-state index in [1.807, 2.05) is 6.07 Å². The molecule has 0 bridgehead atoms. The van der Waals surface area contributed by atoms with Gasteiger partial charge in [-0.2, -0.15) is 5.26 Å². The van der Waals surface area contributed by atoms with Crippen molar-refractivity contribution in [3.8, 4) is 6.07 Å². The van der Waals surface area contributed by atoms with E-state index >= 15 is 0 Å². The summed E-state index contributed by atoms with van der Waals surface area (Å²) < 4.78 is 14.3. The number of nitriles is 1. The second kappa shape index (κ2) is 9.40. The van der Waals surface area contributed by atoms with Crippen molar-refractivity contribution in [1.29, 1.82) is 5.26 Å². The van der Waals surface area contributed by atoms with E-state index in [2.05, 4.69) is 37.2 Å². The molecule has 2 atom stereocenters. The molecule has 168 valence electrons. The molecule has 1 aliphatic carbocycles. The molecule has 1 aromatic heterocycles. The molecule has 0 aromatic carbocycles. The molecule has 10 heteroatoms. The molecule has 0 radical (unpaired) electrons. The van der Waals surface area contributed by atoms with Crippen LogP contribution in [0.3, 0.4) is 0 Å².